The van der Waals surface area contributed by atoms with Crippen molar-refractivity contribution in [2.45, 2.75) is 38.5 Å². The van der Waals surface area contributed by atoms with Gasteiger partial charge in [0, 0.05) is 6.04 Å². The van der Waals surface area contributed by atoms with Crippen LogP contribution in [-0.2, 0) is 0 Å². The first-order valence-electron chi connectivity index (χ1n) is 4.54. The Bertz CT molecular complexity index is 89.3. The van der Waals surface area contributed by atoms with E-state index in [0.717, 1.165) is 5.92 Å². The summed E-state index contributed by atoms with van der Waals surface area (Å²) in [5.41, 5.74) is 0. The normalized spacial score (nSPS) is 30.0. The predicted octanol–water partition coefficient (Wildman–Crippen LogP) is 2.09. The van der Waals surface area contributed by atoms with Crippen LogP contribution in [0, 0.1) is 12.0 Å². The Morgan fingerprint density at radius 2 is 1.80 bits per heavy atom. The second-order valence-electron chi connectivity index (χ2n) is 3.63. The van der Waals surface area contributed by atoms with Crippen molar-refractivity contribution in [1.29, 1.82) is 0 Å². The zero-order valence-electron chi connectivity index (χ0n) is 6.53. The van der Waals surface area contributed by atoms with Gasteiger partial charge in [0.2, 0.25) is 0 Å². The van der Waals surface area contributed by atoms with E-state index in [1.165, 1.54) is 45.1 Å². The molecule has 1 nitrogen and oxygen atoms in total. The quantitative estimate of drug-likeness (QED) is 0.540. The molecule has 0 amide bonds. The van der Waals surface area contributed by atoms with Gasteiger partial charge in [0.05, 0.1) is 0 Å². The fourth-order valence-corrected chi connectivity index (χ4v) is 2.15. The summed E-state index contributed by atoms with van der Waals surface area (Å²) in [5, 5.41) is 3.56. The van der Waals surface area contributed by atoms with Gasteiger partial charge in [-0.3, -0.25) is 0 Å². The average Bonchev–Trinajstić information content (AvgIpc) is 2.17. The van der Waals surface area contributed by atoms with Gasteiger partial charge in [0.1, 0.15) is 0 Å². The van der Waals surface area contributed by atoms with Crippen molar-refractivity contribution in [1.82, 2.24) is 5.32 Å². The third-order valence-corrected chi connectivity index (χ3v) is 2.82. The number of hydrogen-bond donors (Lipinski definition) is 1. The molecule has 0 aliphatic carbocycles. The number of hydrogen-bond acceptors (Lipinski definition) is 1. The van der Waals surface area contributed by atoms with Crippen LogP contribution in [0.3, 0.4) is 0 Å². The summed E-state index contributed by atoms with van der Waals surface area (Å²) in [4.78, 5) is 0. The highest BCUT2D eigenvalue weighted by atomic mass is 14.9. The molecular formula is C9H16N. The Labute approximate surface area is 63.2 Å². The Morgan fingerprint density at radius 1 is 1.10 bits per heavy atom. The summed E-state index contributed by atoms with van der Waals surface area (Å²) in [6.45, 7) is 1.27. The fraction of sp³-hybridized carbons (Fsp3) is 0.889. The van der Waals surface area contributed by atoms with Crippen LogP contribution in [-0.4, -0.2) is 6.54 Å². The SMILES string of the molecule is C1C[C]2CCCC(C1)CN2. The maximum Gasteiger partial charge on any atom is 0.0364 e. The highest BCUT2D eigenvalue weighted by Crippen LogP contribution is 2.29. The van der Waals surface area contributed by atoms with Crippen LogP contribution >= 0.6 is 0 Å². The summed E-state index contributed by atoms with van der Waals surface area (Å²) in [6, 6.07) is 1.64. The van der Waals surface area contributed by atoms with Crippen molar-refractivity contribution in [2.75, 3.05) is 6.54 Å². The molecule has 2 saturated heterocycles. The molecule has 0 atom stereocenters. The molecule has 2 aliphatic heterocycles. The molecule has 2 rings (SSSR count). The first-order valence-corrected chi connectivity index (χ1v) is 4.54. The second-order valence-corrected chi connectivity index (χ2v) is 3.63. The van der Waals surface area contributed by atoms with Crippen molar-refractivity contribution in [2.24, 2.45) is 5.92 Å². The molecule has 0 aromatic heterocycles. The van der Waals surface area contributed by atoms with Gasteiger partial charge in [-0.25, -0.2) is 0 Å². The van der Waals surface area contributed by atoms with E-state index < -0.39 is 0 Å². The molecule has 0 saturated carbocycles. The minimum atomic E-state index is 1.000. The Kier molecular flexibility index (Phi) is 1.94. The molecule has 1 heteroatoms. The van der Waals surface area contributed by atoms with Crippen LogP contribution in [0.5, 0.6) is 0 Å². The fourth-order valence-electron chi connectivity index (χ4n) is 2.15. The lowest BCUT2D eigenvalue weighted by atomic mass is 9.93. The molecule has 0 aromatic carbocycles. The zero-order valence-corrected chi connectivity index (χ0v) is 6.53. The van der Waals surface area contributed by atoms with E-state index in [1.54, 1.807) is 6.04 Å². The smallest absolute Gasteiger partial charge is 0.0364 e. The van der Waals surface area contributed by atoms with E-state index >= 15 is 0 Å². The zero-order chi connectivity index (χ0) is 6.81. The molecule has 57 valence electrons. The molecule has 0 unspecified atom stereocenters. The van der Waals surface area contributed by atoms with Gasteiger partial charge in [-0.15, -0.1) is 0 Å². The van der Waals surface area contributed by atoms with Crippen LogP contribution in [0.4, 0.5) is 0 Å². The Balaban J connectivity index is 2.01. The van der Waals surface area contributed by atoms with Crippen LogP contribution in [0.15, 0.2) is 0 Å². The lowest BCUT2D eigenvalue weighted by Crippen LogP contribution is -2.20. The topological polar surface area (TPSA) is 12.0 Å². The largest absolute Gasteiger partial charge is 0.309 e. The van der Waals surface area contributed by atoms with Crippen molar-refractivity contribution in [3.8, 4) is 0 Å². The molecule has 0 spiro atoms. The monoisotopic (exact) mass is 138 g/mol. The minimum Gasteiger partial charge on any atom is -0.309 e. The molecule has 1 N–H and O–H groups in total. The molecule has 2 bridgehead atoms. The van der Waals surface area contributed by atoms with Gasteiger partial charge in [-0.05, 0) is 38.1 Å². The number of rotatable bonds is 0. The summed E-state index contributed by atoms with van der Waals surface area (Å²) < 4.78 is 0. The van der Waals surface area contributed by atoms with Crippen LogP contribution < -0.4 is 5.32 Å². The first kappa shape index (κ1) is 6.66. The molecular weight excluding hydrogens is 122 g/mol. The minimum absolute atomic E-state index is 1.000. The number of nitrogens with one attached hydrogen (secondary N) is 1. The maximum absolute atomic E-state index is 3.56. The molecule has 2 aliphatic rings. The second kappa shape index (κ2) is 2.91. The third kappa shape index (κ3) is 1.34. The van der Waals surface area contributed by atoms with Gasteiger partial charge in [-0.1, -0.05) is 12.8 Å². The maximum atomic E-state index is 3.56. The van der Waals surface area contributed by atoms with E-state index in [4.69, 9.17) is 0 Å². The van der Waals surface area contributed by atoms with Crippen molar-refractivity contribution in [3.05, 3.63) is 6.04 Å². The van der Waals surface area contributed by atoms with Crippen molar-refractivity contribution in [3.63, 3.8) is 0 Å². The number of fused-ring (bicyclic) bond motifs is 3. The van der Waals surface area contributed by atoms with Crippen LogP contribution in [0.1, 0.15) is 38.5 Å². The first-order chi connectivity index (χ1) is 4.95. The Hall–Kier alpha value is -0.0400. The molecule has 10 heavy (non-hydrogen) atoms. The summed E-state index contributed by atoms with van der Waals surface area (Å²) >= 11 is 0. The predicted molar refractivity (Wildman–Crippen MR) is 42.4 cm³/mol. The Morgan fingerprint density at radius 3 is 2.50 bits per heavy atom. The van der Waals surface area contributed by atoms with Crippen LogP contribution in [0.25, 0.3) is 0 Å². The average molecular weight is 138 g/mol. The molecule has 2 fully saturated rings. The highest BCUT2D eigenvalue weighted by Gasteiger charge is 2.21. The lowest BCUT2D eigenvalue weighted by Gasteiger charge is -2.12. The van der Waals surface area contributed by atoms with Crippen LogP contribution in [0.2, 0.25) is 0 Å². The molecule has 1 radical (unpaired) electrons. The van der Waals surface area contributed by atoms with E-state index in [1.807, 2.05) is 0 Å². The van der Waals surface area contributed by atoms with E-state index in [9.17, 15) is 0 Å². The van der Waals surface area contributed by atoms with E-state index in [-0.39, 0.29) is 0 Å². The lowest BCUT2D eigenvalue weighted by molar-refractivity contribution is 0.442. The van der Waals surface area contributed by atoms with Gasteiger partial charge >= 0.3 is 0 Å². The third-order valence-electron chi connectivity index (χ3n) is 2.82. The van der Waals surface area contributed by atoms with Gasteiger partial charge in [0.25, 0.3) is 0 Å². The van der Waals surface area contributed by atoms with E-state index in [0.29, 0.717) is 0 Å². The van der Waals surface area contributed by atoms with Crippen molar-refractivity contribution < 1.29 is 0 Å². The molecule has 0 aromatic rings. The van der Waals surface area contributed by atoms with Gasteiger partial charge in [-0.2, -0.15) is 0 Å². The van der Waals surface area contributed by atoms with Gasteiger partial charge < -0.3 is 5.32 Å². The van der Waals surface area contributed by atoms with Crippen molar-refractivity contribution >= 4 is 0 Å². The van der Waals surface area contributed by atoms with E-state index in [2.05, 4.69) is 5.32 Å². The summed E-state index contributed by atoms with van der Waals surface area (Å²) in [6.07, 6.45) is 8.53. The highest BCUT2D eigenvalue weighted by molar-refractivity contribution is 4.93. The molecule has 2 heterocycles. The van der Waals surface area contributed by atoms with Gasteiger partial charge in [0.15, 0.2) is 0 Å². The summed E-state index contributed by atoms with van der Waals surface area (Å²) in [5.74, 6) is 1.000. The summed E-state index contributed by atoms with van der Waals surface area (Å²) in [7, 11) is 0. The standard InChI is InChI=1S/C9H16N/c1-3-8-4-2-6-9(5-1)10-7-8/h8,10H,1-7H2.